The van der Waals surface area contributed by atoms with Crippen LogP contribution in [0.1, 0.15) is 32.3 Å². The largest absolute Gasteiger partial charge is 0.207 e. The SMILES string of the molecule is CC(C)C(C)c1ccc(F)cc1Cl. The Hall–Kier alpha value is -0.560. The summed E-state index contributed by atoms with van der Waals surface area (Å²) in [7, 11) is 0. The molecule has 0 aromatic heterocycles. The molecule has 0 aliphatic carbocycles. The van der Waals surface area contributed by atoms with Crippen molar-refractivity contribution in [1.82, 2.24) is 0 Å². The van der Waals surface area contributed by atoms with E-state index in [1.165, 1.54) is 12.1 Å². The quantitative estimate of drug-likeness (QED) is 0.670. The maximum atomic E-state index is 12.7. The van der Waals surface area contributed by atoms with Crippen LogP contribution in [0.15, 0.2) is 18.2 Å². The first-order valence-corrected chi connectivity index (χ1v) is 4.85. The number of hydrogen-bond acceptors (Lipinski definition) is 0. The van der Waals surface area contributed by atoms with Gasteiger partial charge in [0.25, 0.3) is 0 Å². The lowest BCUT2D eigenvalue weighted by atomic mass is 9.90. The predicted octanol–water partition coefficient (Wildman–Crippen LogP) is 4.24. The number of hydrogen-bond donors (Lipinski definition) is 0. The molecule has 0 N–H and O–H groups in total. The van der Waals surface area contributed by atoms with Crippen LogP contribution >= 0.6 is 11.6 Å². The highest BCUT2D eigenvalue weighted by Crippen LogP contribution is 2.29. The smallest absolute Gasteiger partial charge is 0.124 e. The van der Waals surface area contributed by atoms with E-state index in [2.05, 4.69) is 20.8 Å². The van der Waals surface area contributed by atoms with Crippen molar-refractivity contribution in [3.05, 3.63) is 34.6 Å². The van der Waals surface area contributed by atoms with E-state index < -0.39 is 0 Å². The molecule has 1 rings (SSSR count). The first-order chi connectivity index (χ1) is 6.02. The van der Waals surface area contributed by atoms with Crippen LogP contribution < -0.4 is 0 Å². The summed E-state index contributed by atoms with van der Waals surface area (Å²) in [5.74, 6) is 0.612. The van der Waals surface area contributed by atoms with Crippen molar-refractivity contribution < 1.29 is 4.39 Å². The van der Waals surface area contributed by atoms with E-state index in [0.29, 0.717) is 16.9 Å². The molecule has 1 atom stereocenters. The summed E-state index contributed by atoms with van der Waals surface area (Å²) in [5, 5.41) is 0.529. The molecule has 1 aromatic carbocycles. The third-order valence-electron chi connectivity index (χ3n) is 2.45. The van der Waals surface area contributed by atoms with E-state index in [9.17, 15) is 4.39 Å². The summed E-state index contributed by atoms with van der Waals surface area (Å²) in [6.07, 6.45) is 0. The van der Waals surface area contributed by atoms with Crippen molar-refractivity contribution in [1.29, 1.82) is 0 Å². The van der Waals surface area contributed by atoms with Crippen molar-refractivity contribution in [2.45, 2.75) is 26.7 Å². The van der Waals surface area contributed by atoms with Crippen LogP contribution in [0.3, 0.4) is 0 Å². The van der Waals surface area contributed by atoms with Gasteiger partial charge >= 0.3 is 0 Å². The average molecular weight is 201 g/mol. The van der Waals surface area contributed by atoms with Crippen molar-refractivity contribution in [3.63, 3.8) is 0 Å². The minimum Gasteiger partial charge on any atom is -0.207 e. The molecule has 0 aliphatic heterocycles. The molecule has 72 valence electrons. The van der Waals surface area contributed by atoms with Crippen LogP contribution in [-0.2, 0) is 0 Å². The van der Waals surface area contributed by atoms with E-state index in [0.717, 1.165) is 5.56 Å². The lowest BCUT2D eigenvalue weighted by Gasteiger charge is -2.17. The second kappa shape index (κ2) is 4.10. The Bertz CT molecular complexity index is 294. The minimum atomic E-state index is -0.273. The van der Waals surface area contributed by atoms with Crippen molar-refractivity contribution in [3.8, 4) is 0 Å². The third kappa shape index (κ3) is 2.44. The van der Waals surface area contributed by atoms with Gasteiger partial charge in [0.1, 0.15) is 5.82 Å². The highest BCUT2D eigenvalue weighted by Gasteiger charge is 2.13. The second-order valence-electron chi connectivity index (χ2n) is 3.70. The Kier molecular flexibility index (Phi) is 3.32. The average Bonchev–Trinajstić information content (AvgIpc) is 2.03. The van der Waals surface area contributed by atoms with E-state index in [4.69, 9.17) is 11.6 Å². The van der Waals surface area contributed by atoms with E-state index in [-0.39, 0.29) is 5.82 Å². The molecule has 1 unspecified atom stereocenters. The summed E-state index contributed by atoms with van der Waals surface area (Å²) in [5.41, 5.74) is 1.03. The summed E-state index contributed by atoms with van der Waals surface area (Å²) >= 11 is 5.93. The predicted molar refractivity (Wildman–Crippen MR) is 54.7 cm³/mol. The summed E-state index contributed by atoms with van der Waals surface area (Å²) in [6, 6.07) is 4.60. The molecule has 0 fully saturated rings. The van der Waals surface area contributed by atoms with Gasteiger partial charge in [-0.1, -0.05) is 38.4 Å². The molecule has 0 nitrogen and oxygen atoms in total. The monoisotopic (exact) mass is 200 g/mol. The first-order valence-electron chi connectivity index (χ1n) is 4.47. The van der Waals surface area contributed by atoms with Gasteiger partial charge in [-0.3, -0.25) is 0 Å². The number of rotatable bonds is 2. The van der Waals surface area contributed by atoms with Gasteiger partial charge in [0.05, 0.1) is 0 Å². The summed E-state index contributed by atoms with van der Waals surface area (Å²) in [4.78, 5) is 0. The Morgan fingerprint density at radius 1 is 1.23 bits per heavy atom. The van der Waals surface area contributed by atoms with Crippen molar-refractivity contribution in [2.24, 2.45) is 5.92 Å². The van der Waals surface area contributed by atoms with Crippen LogP contribution in [0.2, 0.25) is 5.02 Å². The van der Waals surface area contributed by atoms with Crippen molar-refractivity contribution in [2.75, 3.05) is 0 Å². The highest BCUT2D eigenvalue weighted by atomic mass is 35.5. The van der Waals surface area contributed by atoms with E-state index in [1.807, 2.05) is 0 Å². The molecule has 0 radical (unpaired) electrons. The molecule has 0 heterocycles. The molecular formula is C11H14ClF. The standard InChI is InChI=1S/C11H14ClF/c1-7(2)8(3)10-5-4-9(13)6-11(10)12/h4-8H,1-3H3. The van der Waals surface area contributed by atoms with Gasteiger partial charge in [-0.15, -0.1) is 0 Å². The van der Waals surface area contributed by atoms with Gasteiger partial charge in [-0.25, -0.2) is 4.39 Å². The molecule has 0 amide bonds. The molecule has 2 heteroatoms. The zero-order valence-electron chi connectivity index (χ0n) is 8.14. The van der Waals surface area contributed by atoms with Gasteiger partial charge in [0.2, 0.25) is 0 Å². The Morgan fingerprint density at radius 2 is 1.85 bits per heavy atom. The summed E-state index contributed by atoms with van der Waals surface area (Å²) < 4.78 is 12.7. The molecule has 0 aliphatic rings. The Morgan fingerprint density at radius 3 is 2.31 bits per heavy atom. The van der Waals surface area contributed by atoms with E-state index >= 15 is 0 Å². The third-order valence-corrected chi connectivity index (χ3v) is 2.78. The zero-order valence-corrected chi connectivity index (χ0v) is 8.90. The summed E-state index contributed by atoms with van der Waals surface area (Å²) in [6.45, 7) is 6.36. The Balaban J connectivity index is 3.01. The first kappa shape index (κ1) is 10.5. The van der Waals surface area contributed by atoms with Gasteiger partial charge in [-0.2, -0.15) is 0 Å². The fraction of sp³-hybridized carbons (Fsp3) is 0.455. The molecule has 1 aromatic rings. The van der Waals surface area contributed by atoms with Crippen LogP contribution in [-0.4, -0.2) is 0 Å². The number of benzene rings is 1. The van der Waals surface area contributed by atoms with Crippen LogP contribution in [0.25, 0.3) is 0 Å². The molecule has 0 saturated carbocycles. The van der Waals surface area contributed by atoms with Gasteiger partial charge < -0.3 is 0 Å². The van der Waals surface area contributed by atoms with Gasteiger partial charge in [0, 0.05) is 5.02 Å². The van der Waals surface area contributed by atoms with E-state index in [1.54, 1.807) is 6.07 Å². The van der Waals surface area contributed by atoms with Crippen molar-refractivity contribution >= 4 is 11.6 Å². The van der Waals surface area contributed by atoms with Crippen LogP contribution in [0.5, 0.6) is 0 Å². The maximum Gasteiger partial charge on any atom is 0.124 e. The second-order valence-corrected chi connectivity index (χ2v) is 4.11. The van der Waals surface area contributed by atoms with Gasteiger partial charge in [-0.05, 0) is 29.5 Å². The normalized spacial score (nSPS) is 13.4. The van der Waals surface area contributed by atoms with Crippen LogP contribution in [0.4, 0.5) is 4.39 Å². The lowest BCUT2D eigenvalue weighted by Crippen LogP contribution is -2.02. The zero-order chi connectivity index (χ0) is 10.0. The Labute approximate surface area is 83.7 Å². The molecule has 0 saturated heterocycles. The molecular weight excluding hydrogens is 187 g/mol. The maximum absolute atomic E-state index is 12.7. The minimum absolute atomic E-state index is 0.273. The topological polar surface area (TPSA) is 0 Å². The van der Waals surface area contributed by atoms with Crippen LogP contribution in [0, 0.1) is 11.7 Å². The van der Waals surface area contributed by atoms with Gasteiger partial charge in [0.15, 0.2) is 0 Å². The molecule has 0 bridgehead atoms. The highest BCUT2D eigenvalue weighted by molar-refractivity contribution is 6.31. The molecule has 0 spiro atoms. The lowest BCUT2D eigenvalue weighted by molar-refractivity contribution is 0.533. The molecule has 13 heavy (non-hydrogen) atoms. The fourth-order valence-corrected chi connectivity index (χ4v) is 1.57. The fourth-order valence-electron chi connectivity index (χ4n) is 1.23. The number of halogens is 2.